The van der Waals surface area contributed by atoms with E-state index in [1.807, 2.05) is 30.3 Å². The molecule has 26 heavy (non-hydrogen) atoms. The average Bonchev–Trinajstić information content (AvgIpc) is 3.23. The van der Waals surface area contributed by atoms with Crippen molar-refractivity contribution >= 4 is 37.3 Å². The first-order chi connectivity index (χ1) is 12.3. The predicted octanol–water partition coefficient (Wildman–Crippen LogP) is 1.93. The predicted molar refractivity (Wildman–Crippen MR) is 101 cm³/mol. The average molecular weight is 393 g/mol. The van der Waals surface area contributed by atoms with Gasteiger partial charge in [-0.2, -0.15) is 0 Å². The molecule has 0 fully saturated rings. The lowest BCUT2D eigenvalue weighted by Crippen LogP contribution is -2.41. The van der Waals surface area contributed by atoms with E-state index in [0.717, 1.165) is 21.5 Å². The second kappa shape index (κ2) is 7.56. The fraction of sp³-hybridized carbons (Fsp3) is 0.294. The maximum atomic E-state index is 11.9. The van der Waals surface area contributed by atoms with E-state index in [0.29, 0.717) is 11.5 Å². The van der Waals surface area contributed by atoms with Crippen molar-refractivity contribution in [1.82, 2.24) is 10.3 Å². The molecule has 9 heteroatoms. The molecule has 0 spiro atoms. The number of carbonyl (C=O) groups is 1. The molecule has 1 aromatic carbocycles. The van der Waals surface area contributed by atoms with E-state index in [-0.39, 0.29) is 18.7 Å². The Morgan fingerprint density at radius 1 is 1.31 bits per heavy atom. The first-order valence-corrected chi connectivity index (χ1v) is 10.9. The number of nitrogens with one attached hydrogen (secondary N) is 1. The van der Waals surface area contributed by atoms with Gasteiger partial charge in [0.2, 0.25) is 5.91 Å². The number of nitrogens with zero attached hydrogens (tertiary/aromatic N) is 1. The molecule has 7 nitrogen and oxygen atoms in total. The Bertz CT molecular complexity index is 990. The van der Waals surface area contributed by atoms with Crippen molar-refractivity contribution in [2.45, 2.75) is 19.0 Å². The quantitative estimate of drug-likeness (QED) is 0.634. The van der Waals surface area contributed by atoms with E-state index < -0.39 is 21.8 Å². The summed E-state index contributed by atoms with van der Waals surface area (Å²) in [5.41, 5.74) is 6.63. The Balaban J connectivity index is 1.59. The standard InChI is InChI=1S/C17H19N3O4S2/c1-26(22,23)9-8-12(18)16(21)19-10-11-6-7-14(24-11)17-20-13-4-2-3-5-15(13)25-17/h2-7,12H,8-10,18H2,1H3,(H,19,21). The Hall–Kier alpha value is -2.23. The molecule has 0 aliphatic rings. The molecule has 1 atom stereocenters. The second-order valence-electron chi connectivity index (χ2n) is 6.00. The summed E-state index contributed by atoms with van der Waals surface area (Å²) in [4.78, 5) is 16.5. The SMILES string of the molecule is CS(=O)(=O)CCC(N)C(=O)NCc1ccc(-c2nc3ccccc3s2)o1. The van der Waals surface area contributed by atoms with Crippen LogP contribution >= 0.6 is 11.3 Å². The largest absolute Gasteiger partial charge is 0.457 e. The summed E-state index contributed by atoms with van der Waals surface area (Å²) < 4.78 is 29.1. The van der Waals surface area contributed by atoms with Gasteiger partial charge in [-0.3, -0.25) is 4.79 Å². The fourth-order valence-electron chi connectivity index (χ4n) is 2.34. The zero-order valence-corrected chi connectivity index (χ0v) is 15.8. The summed E-state index contributed by atoms with van der Waals surface area (Å²) in [6.45, 7) is 0.177. The number of amides is 1. The monoisotopic (exact) mass is 393 g/mol. The van der Waals surface area contributed by atoms with Gasteiger partial charge in [0.25, 0.3) is 0 Å². The van der Waals surface area contributed by atoms with Crippen molar-refractivity contribution in [3.05, 3.63) is 42.2 Å². The number of sulfone groups is 1. The van der Waals surface area contributed by atoms with Gasteiger partial charge >= 0.3 is 0 Å². The first kappa shape index (κ1) is 18.6. The van der Waals surface area contributed by atoms with E-state index in [4.69, 9.17) is 10.2 Å². The van der Waals surface area contributed by atoms with E-state index in [2.05, 4.69) is 10.3 Å². The molecule has 0 radical (unpaired) electrons. The number of furan rings is 1. The van der Waals surface area contributed by atoms with Gasteiger partial charge in [0, 0.05) is 6.26 Å². The van der Waals surface area contributed by atoms with Crippen LogP contribution in [0.5, 0.6) is 0 Å². The number of carbonyl (C=O) groups excluding carboxylic acids is 1. The van der Waals surface area contributed by atoms with Crippen molar-refractivity contribution in [1.29, 1.82) is 0 Å². The number of aromatic nitrogens is 1. The summed E-state index contributed by atoms with van der Waals surface area (Å²) in [6, 6.07) is 10.5. The van der Waals surface area contributed by atoms with Crippen molar-refractivity contribution in [2.75, 3.05) is 12.0 Å². The molecule has 2 aromatic heterocycles. The molecule has 0 saturated heterocycles. The van der Waals surface area contributed by atoms with Crippen LogP contribution in [0.3, 0.4) is 0 Å². The molecule has 0 bridgehead atoms. The zero-order chi connectivity index (χ0) is 18.7. The third-order valence-electron chi connectivity index (χ3n) is 3.74. The Kier molecular flexibility index (Phi) is 5.40. The molecule has 0 aliphatic heterocycles. The van der Waals surface area contributed by atoms with E-state index in [9.17, 15) is 13.2 Å². The van der Waals surface area contributed by atoms with Gasteiger partial charge in [0.05, 0.1) is 28.6 Å². The highest BCUT2D eigenvalue weighted by Crippen LogP contribution is 2.31. The number of rotatable bonds is 7. The normalized spacial score (nSPS) is 13.0. The van der Waals surface area contributed by atoms with Gasteiger partial charge < -0.3 is 15.5 Å². The number of thiazole rings is 1. The van der Waals surface area contributed by atoms with Crippen LogP contribution in [0.1, 0.15) is 12.2 Å². The number of hydrogen-bond acceptors (Lipinski definition) is 7. The Morgan fingerprint density at radius 3 is 2.81 bits per heavy atom. The summed E-state index contributed by atoms with van der Waals surface area (Å²) in [6.07, 6.45) is 1.20. The van der Waals surface area contributed by atoms with Crippen LogP contribution in [0.25, 0.3) is 21.0 Å². The number of fused-ring (bicyclic) bond motifs is 1. The Labute approximate surface area is 155 Å². The molecule has 2 heterocycles. The zero-order valence-electron chi connectivity index (χ0n) is 14.1. The molecule has 3 aromatic rings. The van der Waals surface area contributed by atoms with Crippen molar-refractivity contribution in [3.8, 4) is 10.8 Å². The van der Waals surface area contributed by atoms with E-state index in [1.54, 1.807) is 6.07 Å². The highest BCUT2D eigenvalue weighted by Gasteiger charge is 2.16. The second-order valence-corrected chi connectivity index (χ2v) is 9.29. The third kappa shape index (κ3) is 4.69. The molecule has 138 valence electrons. The molecule has 1 unspecified atom stereocenters. The molecule has 1 amide bonds. The number of para-hydroxylation sites is 1. The highest BCUT2D eigenvalue weighted by molar-refractivity contribution is 7.90. The lowest BCUT2D eigenvalue weighted by atomic mass is 10.2. The smallest absolute Gasteiger partial charge is 0.237 e. The topological polar surface area (TPSA) is 115 Å². The molecular formula is C17H19N3O4S2. The Morgan fingerprint density at radius 2 is 2.08 bits per heavy atom. The maximum Gasteiger partial charge on any atom is 0.237 e. The molecule has 0 saturated carbocycles. The van der Waals surface area contributed by atoms with Gasteiger partial charge in [-0.05, 0) is 30.7 Å². The van der Waals surface area contributed by atoms with Gasteiger partial charge in [-0.1, -0.05) is 12.1 Å². The van der Waals surface area contributed by atoms with Gasteiger partial charge in [-0.15, -0.1) is 11.3 Å². The van der Waals surface area contributed by atoms with Crippen LogP contribution in [0.4, 0.5) is 0 Å². The summed E-state index contributed by atoms with van der Waals surface area (Å²) >= 11 is 1.53. The number of nitrogens with two attached hydrogens (primary N) is 1. The summed E-state index contributed by atoms with van der Waals surface area (Å²) in [5.74, 6) is 0.677. The molecule has 0 aliphatic carbocycles. The van der Waals surface area contributed by atoms with Crippen LogP contribution in [-0.4, -0.2) is 37.4 Å². The van der Waals surface area contributed by atoms with Crippen LogP contribution in [0, 0.1) is 0 Å². The van der Waals surface area contributed by atoms with Gasteiger partial charge in [0.1, 0.15) is 15.6 Å². The first-order valence-electron chi connectivity index (χ1n) is 7.97. The highest BCUT2D eigenvalue weighted by atomic mass is 32.2. The third-order valence-corrected chi connectivity index (χ3v) is 5.77. The fourth-order valence-corrected chi connectivity index (χ4v) is 3.95. The molecule has 3 rings (SSSR count). The van der Waals surface area contributed by atoms with Crippen LogP contribution in [0.2, 0.25) is 0 Å². The molecular weight excluding hydrogens is 374 g/mol. The van der Waals surface area contributed by atoms with Crippen LogP contribution < -0.4 is 11.1 Å². The summed E-state index contributed by atoms with van der Waals surface area (Å²) in [7, 11) is -3.14. The lowest BCUT2D eigenvalue weighted by Gasteiger charge is -2.10. The number of hydrogen-bond donors (Lipinski definition) is 2. The van der Waals surface area contributed by atoms with E-state index >= 15 is 0 Å². The van der Waals surface area contributed by atoms with Crippen LogP contribution in [-0.2, 0) is 21.2 Å². The van der Waals surface area contributed by atoms with Crippen molar-refractivity contribution in [2.24, 2.45) is 5.73 Å². The van der Waals surface area contributed by atoms with Crippen molar-refractivity contribution < 1.29 is 17.6 Å². The van der Waals surface area contributed by atoms with E-state index in [1.165, 1.54) is 11.3 Å². The molecule has 3 N–H and O–H groups in total. The minimum absolute atomic E-state index is 0.0831. The minimum atomic E-state index is -3.14. The minimum Gasteiger partial charge on any atom is -0.457 e. The van der Waals surface area contributed by atoms with Gasteiger partial charge in [-0.25, -0.2) is 13.4 Å². The summed E-state index contributed by atoms with van der Waals surface area (Å²) in [5, 5.41) is 3.43. The van der Waals surface area contributed by atoms with Gasteiger partial charge in [0.15, 0.2) is 10.8 Å². The lowest BCUT2D eigenvalue weighted by molar-refractivity contribution is -0.122. The number of benzene rings is 1. The van der Waals surface area contributed by atoms with Crippen LogP contribution in [0.15, 0.2) is 40.8 Å². The maximum absolute atomic E-state index is 11.9. The van der Waals surface area contributed by atoms with Crippen molar-refractivity contribution in [3.63, 3.8) is 0 Å².